The van der Waals surface area contributed by atoms with Crippen molar-refractivity contribution < 1.29 is 4.79 Å². The molecule has 5 heteroatoms. The van der Waals surface area contributed by atoms with E-state index in [0.29, 0.717) is 11.7 Å². The summed E-state index contributed by atoms with van der Waals surface area (Å²) in [6, 6.07) is 3.10. The van der Waals surface area contributed by atoms with Crippen LogP contribution in [-0.2, 0) is 4.79 Å². The molecule has 0 bridgehead atoms. The second kappa shape index (κ2) is 6.20. The van der Waals surface area contributed by atoms with Crippen molar-refractivity contribution in [1.82, 2.24) is 4.98 Å². The third-order valence-corrected chi connectivity index (χ3v) is 2.14. The van der Waals surface area contributed by atoms with Crippen molar-refractivity contribution in [2.75, 3.05) is 17.2 Å². The Kier molecular flexibility index (Phi) is 4.90. The van der Waals surface area contributed by atoms with Crippen LogP contribution in [-0.4, -0.2) is 23.5 Å². The zero-order valence-electron chi connectivity index (χ0n) is 10.5. The number of aromatic nitrogens is 1. The van der Waals surface area contributed by atoms with Crippen LogP contribution >= 0.6 is 0 Å². The maximum atomic E-state index is 11.3. The number of hydrogen-bond acceptors (Lipinski definition) is 4. The molecule has 0 saturated heterocycles. The molecule has 1 atom stereocenters. The van der Waals surface area contributed by atoms with E-state index < -0.39 is 6.04 Å². The summed E-state index contributed by atoms with van der Waals surface area (Å²) < 4.78 is 0. The Hall–Kier alpha value is -1.62. The van der Waals surface area contributed by atoms with Crippen molar-refractivity contribution in [3.63, 3.8) is 0 Å². The summed E-state index contributed by atoms with van der Waals surface area (Å²) in [4.78, 5) is 15.4. The topological polar surface area (TPSA) is 80.0 Å². The number of carbonyl (C=O) groups is 1. The zero-order chi connectivity index (χ0) is 12.8. The molecule has 5 nitrogen and oxygen atoms in total. The van der Waals surface area contributed by atoms with Crippen LogP contribution in [0, 0.1) is 5.92 Å². The molecule has 1 heterocycles. The number of nitrogens with zero attached hydrogens (tertiary/aromatic N) is 1. The lowest BCUT2D eigenvalue weighted by Gasteiger charge is -2.10. The summed E-state index contributed by atoms with van der Waals surface area (Å²) >= 11 is 0. The largest absolute Gasteiger partial charge is 0.384 e. The lowest BCUT2D eigenvalue weighted by molar-refractivity contribution is -0.117. The van der Waals surface area contributed by atoms with Crippen LogP contribution in [0.4, 0.5) is 11.5 Å². The highest BCUT2D eigenvalue weighted by Crippen LogP contribution is 2.10. The molecule has 4 N–H and O–H groups in total. The first-order valence-corrected chi connectivity index (χ1v) is 5.75. The average molecular weight is 236 g/mol. The van der Waals surface area contributed by atoms with Crippen LogP contribution in [0.15, 0.2) is 18.3 Å². The van der Waals surface area contributed by atoms with Crippen LogP contribution in [0.25, 0.3) is 0 Å². The summed E-state index contributed by atoms with van der Waals surface area (Å²) in [6.07, 6.45) is 1.69. The van der Waals surface area contributed by atoms with E-state index >= 15 is 0 Å². The molecule has 0 fully saturated rings. The van der Waals surface area contributed by atoms with E-state index in [1.54, 1.807) is 19.2 Å². The minimum absolute atomic E-state index is 0.236. The van der Waals surface area contributed by atoms with Crippen LogP contribution in [0.5, 0.6) is 0 Å². The van der Waals surface area contributed by atoms with E-state index in [1.807, 2.05) is 6.07 Å². The van der Waals surface area contributed by atoms with Gasteiger partial charge < -0.3 is 16.4 Å². The van der Waals surface area contributed by atoms with Gasteiger partial charge in [0, 0.05) is 6.54 Å². The van der Waals surface area contributed by atoms with Gasteiger partial charge in [0.05, 0.1) is 17.9 Å². The number of rotatable bonds is 5. The van der Waals surface area contributed by atoms with E-state index in [0.717, 1.165) is 12.2 Å². The van der Waals surface area contributed by atoms with Gasteiger partial charge >= 0.3 is 0 Å². The summed E-state index contributed by atoms with van der Waals surface area (Å²) in [6.45, 7) is 6.80. The first kappa shape index (κ1) is 13.4. The maximum absolute atomic E-state index is 11.3. The molecular weight excluding hydrogens is 216 g/mol. The quantitative estimate of drug-likeness (QED) is 0.722. The van der Waals surface area contributed by atoms with Crippen LogP contribution in [0.1, 0.15) is 20.8 Å². The summed E-state index contributed by atoms with van der Waals surface area (Å²) in [5.41, 5.74) is 6.38. The van der Waals surface area contributed by atoms with Gasteiger partial charge in [-0.3, -0.25) is 4.79 Å². The van der Waals surface area contributed by atoms with Gasteiger partial charge in [-0.25, -0.2) is 4.98 Å². The van der Waals surface area contributed by atoms with Gasteiger partial charge in [-0.05, 0) is 25.0 Å². The lowest BCUT2D eigenvalue weighted by atomic mass is 10.2. The highest BCUT2D eigenvalue weighted by molar-refractivity contribution is 5.93. The second-order valence-corrected chi connectivity index (χ2v) is 4.48. The van der Waals surface area contributed by atoms with E-state index in [1.165, 1.54) is 0 Å². The minimum atomic E-state index is -0.532. The van der Waals surface area contributed by atoms with Gasteiger partial charge in [0.25, 0.3) is 0 Å². The molecule has 0 saturated carbocycles. The standard InChI is InChI=1S/C12H20N4O/c1-8(2)6-14-10-4-5-11(15-7-10)16-12(17)9(3)13/h4-5,7-9,14H,6,13H2,1-3H3,(H,15,16,17). The fourth-order valence-electron chi connectivity index (χ4n) is 1.13. The van der Waals surface area contributed by atoms with Crippen molar-refractivity contribution in [2.24, 2.45) is 11.7 Å². The molecule has 0 aliphatic heterocycles. The zero-order valence-corrected chi connectivity index (χ0v) is 10.5. The molecule has 0 radical (unpaired) electrons. The number of nitrogens with two attached hydrogens (primary N) is 1. The van der Waals surface area contributed by atoms with Gasteiger partial charge in [0.15, 0.2) is 0 Å². The van der Waals surface area contributed by atoms with Crippen molar-refractivity contribution in [3.8, 4) is 0 Å². The molecule has 0 aromatic carbocycles. The van der Waals surface area contributed by atoms with E-state index in [-0.39, 0.29) is 5.91 Å². The van der Waals surface area contributed by atoms with Crippen molar-refractivity contribution in [3.05, 3.63) is 18.3 Å². The molecule has 0 spiro atoms. The van der Waals surface area contributed by atoms with E-state index in [4.69, 9.17) is 5.73 Å². The minimum Gasteiger partial charge on any atom is -0.384 e. The van der Waals surface area contributed by atoms with Crippen LogP contribution < -0.4 is 16.4 Å². The SMILES string of the molecule is CC(C)CNc1ccc(NC(=O)C(C)N)nc1. The lowest BCUT2D eigenvalue weighted by Crippen LogP contribution is -2.32. The Bertz CT molecular complexity index is 359. The predicted molar refractivity (Wildman–Crippen MR) is 69.8 cm³/mol. The smallest absolute Gasteiger partial charge is 0.242 e. The number of pyridine rings is 1. The Morgan fingerprint density at radius 1 is 1.41 bits per heavy atom. The Balaban J connectivity index is 2.53. The van der Waals surface area contributed by atoms with Crippen molar-refractivity contribution in [2.45, 2.75) is 26.8 Å². The normalized spacial score (nSPS) is 12.3. The van der Waals surface area contributed by atoms with E-state index in [2.05, 4.69) is 29.5 Å². The average Bonchev–Trinajstić information content (AvgIpc) is 2.28. The maximum Gasteiger partial charge on any atom is 0.242 e. The first-order chi connectivity index (χ1) is 7.99. The molecule has 1 amide bonds. The number of anilines is 2. The predicted octanol–water partition coefficient (Wildman–Crippen LogP) is 1.44. The molecule has 0 aliphatic rings. The fourth-order valence-corrected chi connectivity index (χ4v) is 1.13. The summed E-state index contributed by atoms with van der Waals surface area (Å²) in [5.74, 6) is 0.857. The highest BCUT2D eigenvalue weighted by Gasteiger charge is 2.07. The van der Waals surface area contributed by atoms with Gasteiger partial charge in [-0.1, -0.05) is 13.8 Å². The summed E-state index contributed by atoms with van der Waals surface area (Å²) in [7, 11) is 0. The molecule has 1 unspecified atom stereocenters. The molecule has 1 rings (SSSR count). The monoisotopic (exact) mass is 236 g/mol. The van der Waals surface area contributed by atoms with Gasteiger partial charge in [0.1, 0.15) is 5.82 Å². The molecule has 94 valence electrons. The number of amides is 1. The third kappa shape index (κ3) is 4.82. The summed E-state index contributed by atoms with van der Waals surface area (Å²) in [5, 5.41) is 5.88. The van der Waals surface area contributed by atoms with Crippen LogP contribution in [0.2, 0.25) is 0 Å². The third-order valence-electron chi connectivity index (χ3n) is 2.14. The first-order valence-electron chi connectivity index (χ1n) is 5.75. The molecule has 1 aromatic rings. The fraction of sp³-hybridized carbons (Fsp3) is 0.500. The van der Waals surface area contributed by atoms with Gasteiger partial charge in [0.2, 0.25) is 5.91 Å². The second-order valence-electron chi connectivity index (χ2n) is 4.48. The number of carbonyl (C=O) groups excluding carboxylic acids is 1. The Morgan fingerprint density at radius 3 is 2.59 bits per heavy atom. The van der Waals surface area contributed by atoms with E-state index in [9.17, 15) is 4.79 Å². The number of nitrogens with one attached hydrogen (secondary N) is 2. The van der Waals surface area contributed by atoms with Crippen LogP contribution in [0.3, 0.4) is 0 Å². The highest BCUT2D eigenvalue weighted by atomic mass is 16.2. The Labute approximate surface area is 102 Å². The van der Waals surface area contributed by atoms with Crippen molar-refractivity contribution in [1.29, 1.82) is 0 Å². The molecule has 1 aromatic heterocycles. The van der Waals surface area contributed by atoms with Gasteiger partial charge in [-0.2, -0.15) is 0 Å². The number of hydrogen-bond donors (Lipinski definition) is 3. The molecule has 0 aliphatic carbocycles. The Morgan fingerprint density at radius 2 is 2.12 bits per heavy atom. The molecular formula is C12H20N4O. The van der Waals surface area contributed by atoms with Gasteiger partial charge in [-0.15, -0.1) is 0 Å². The molecule has 17 heavy (non-hydrogen) atoms. The van der Waals surface area contributed by atoms with Crippen molar-refractivity contribution >= 4 is 17.4 Å².